The molecule has 2 aromatic carbocycles. The van der Waals surface area contributed by atoms with Crippen molar-refractivity contribution in [2.75, 3.05) is 12.4 Å². The molecule has 0 atom stereocenters. The average Bonchev–Trinajstić information content (AvgIpc) is 2.55. The van der Waals surface area contributed by atoms with Crippen molar-refractivity contribution in [3.05, 3.63) is 58.7 Å². The number of aryl methyl sites for hydroxylation is 1. The Kier molecular flexibility index (Phi) is 5.50. The first-order valence-corrected chi connectivity index (χ1v) is 7.40. The lowest BCUT2D eigenvalue weighted by atomic mass is 10.1. The molecule has 0 saturated carbocycles. The normalized spacial score (nSPS) is 9.92. The number of pyridine rings is 1. The molecule has 1 aromatic heterocycles. The molecule has 3 rings (SSSR count). The lowest BCUT2D eigenvalue weighted by Gasteiger charge is -2.15. The summed E-state index contributed by atoms with van der Waals surface area (Å²) in [6.45, 7) is 2.00. The Labute approximate surface area is 151 Å². The largest absolute Gasteiger partial charge is 0.495 e. The van der Waals surface area contributed by atoms with Crippen LogP contribution in [0.25, 0.3) is 10.9 Å². The molecule has 1 heterocycles. The molecular weight excluding hydrogens is 345 g/mol. The summed E-state index contributed by atoms with van der Waals surface area (Å²) in [5, 5.41) is 14.1. The molecule has 1 N–H and O–H groups in total. The first-order valence-electron chi connectivity index (χ1n) is 7.02. The van der Waals surface area contributed by atoms with Gasteiger partial charge in [-0.05, 0) is 42.8 Å². The topological polar surface area (TPSA) is 57.9 Å². The van der Waals surface area contributed by atoms with Crippen LogP contribution in [-0.2, 0) is 0 Å². The Hall–Kier alpha value is -2.48. The van der Waals surface area contributed by atoms with Crippen LogP contribution in [0.4, 0.5) is 11.4 Å². The van der Waals surface area contributed by atoms with E-state index in [2.05, 4.69) is 16.4 Å². The van der Waals surface area contributed by atoms with Crippen LogP contribution in [0.1, 0.15) is 11.1 Å². The lowest BCUT2D eigenvalue weighted by molar-refractivity contribution is 0.416. The van der Waals surface area contributed by atoms with Crippen molar-refractivity contribution in [1.29, 1.82) is 5.26 Å². The van der Waals surface area contributed by atoms with Gasteiger partial charge in [0.2, 0.25) is 0 Å². The van der Waals surface area contributed by atoms with Crippen LogP contribution in [0.15, 0.2) is 42.6 Å². The molecule has 0 saturated heterocycles. The van der Waals surface area contributed by atoms with E-state index in [0.29, 0.717) is 22.0 Å². The molecular formula is C18H15Cl2N3O. The first-order chi connectivity index (χ1) is 11.1. The highest BCUT2D eigenvalue weighted by Gasteiger charge is 2.12. The van der Waals surface area contributed by atoms with Crippen LogP contribution in [0, 0.1) is 18.3 Å². The molecule has 0 radical (unpaired) electrons. The molecule has 0 fully saturated rings. The first kappa shape index (κ1) is 17.9. The van der Waals surface area contributed by atoms with Crippen molar-refractivity contribution < 1.29 is 4.74 Å². The number of nitrogens with zero attached hydrogens (tertiary/aromatic N) is 2. The molecule has 0 unspecified atom stereocenters. The van der Waals surface area contributed by atoms with Crippen LogP contribution in [0.5, 0.6) is 5.75 Å². The summed E-state index contributed by atoms with van der Waals surface area (Å²) in [6, 6.07) is 13.4. The summed E-state index contributed by atoms with van der Waals surface area (Å²) in [7, 11) is 1.61. The van der Waals surface area contributed by atoms with Gasteiger partial charge < -0.3 is 10.1 Å². The molecule has 0 aliphatic carbocycles. The second-order valence-electron chi connectivity index (χ2n) is 5.15. The van der Waals surface area contributed by atoms with Gasteiger partial charge in [-0.1, -0.05) is 17.7 Å². The Morgan fingerprint density at radius 2 is 2.00 bits per heavy atom. The van der Waals surface area contributed by atoms with Crippen molar-refractivity contribution in [3.8, 4) is 11.8 Å². The van der Waals surface area contributed by atoms with E-state index in [1.54, 1.807) is 25.4 Å². The van der Waals surface area contributed by atoms with E-state index in [1.807, 2.05) is 31.2 Å². The Morgan fingerprint density at radius 3 is 2.71 bits per heavy atom. The number of hydrogen-bond acceptors (Lipinski definition) is 4. The van der Waals surface area contributed by atoms with Crippen molar-refractivity contribution in [2.45, 2.75) is 6.92 Å². The van der Waals surface area contributed by atoms with Crippen LogP contribution in [-0.4, -0.2) is 12.1 Å². The van der Waals surface area contributed by atoms with Gasteiger partial charge >= 0.3 is 0 Å². The second kappa shape index (κ2) is 7.39. The van der Waals surface area contributed by atoms with Gasteiger partial charge in [-0.15, -0.1) is 12.4 Å². The number of fused-ring (bicyclic) bond motifs is 1. The maximum absolute atomic E-state index is 9.41. The maximum atomic E-state index is 9.41. The van der Waals surface area contributed by atoms with Crippen molar-refractivity contribution in [1.82, 2.24) is 4.98 Å². The number of nitriles is 1. The van der Waals surface area contributed by atoms with Crippen LogP contribution in [0.3, 0.4) is 0 Å². The highest BCUT2D eigenvalue weighted by molar-refractivity contribution is 6.31. The summed E-state index contributed by atoms with van der Waals surface area (Å²) in [5.41, 5.74) is 3.76. The Balaban J connectivity index is 0.00000208. The summed E-state index contributed by atoms with van der Waals surface area (Å²) < 4.78 is 5.39. The highest BCUT2D eigenvalue weighted by atomic mass is 35.5. The molecule has 0 bridgehead atoms. The predicted molar refractivity (Wildman–Crippen MR) is 99.7 cm³/mol. The van der Waals surface area contributed by atoms with E-state index in [4.69, 9.17) is 16.3 Å². The zero-order chi connectivity index (χ0) is 16.4. The third-order valence-electron chi connectivity index (χ3n) is 3.57. The number of hydrogen-bond donors (Lipinski definition) is 1. The predicted octanol–water partition coefficient (Wildman–Crippen LogP) is 5.24. The number of ether oxygens (including phenoxy) is 1. The third-order valence-corrected chi connectivity index (χ3v) is 3.80. The van der Waals surface area contributed by atoms with E-state index in [1.165, 1.54) is 0 Å². The van der Waals surface area contributed by atoms with Gasteiger partial charge in [0.15, 0.2) is 0 Å². The maximum Gasteiger partial charge on any atom is 0.142 e. The zero-order valence-electron chi connectivity index (χ0n) is 13.1. The molecule has 3 aromatic rings. The Bertz CT molecular complexity index is 935. The number of methoxy groups -OCH3 is 1. The van der Waals surface area contributed by atoms with Gasteiger partial charge in [0.05, 0.1) is 29.6 Å². The standard InChI is InChI=1S/C18H14ClN3O.ClH/c1-11-3-6-17(23-2)16(7-11)22-18-12(9-20)10-21-15-5-4-13(19)8-14(15)18;/h3-8,10H,1-2H3,(H,21,22);1H. The Morgan fingerprint density at radius 1 is 1.21 bits per heavy atom. The van der Waals surface area contributed by atoms with Gasteiger partial charge in [0.25, 0.3) is 0 Å². The average molecular weight is 360 g/mol. The monoisotopic (exact) mass is 359 g/mol. The van der Waals surface area contributed by atoms with Crippen LogP contribution < -0.4 is 10.1 Å². The quantitative estimate of drug-likeness (QED) is 0.694. The summed E-state index contributed by atoms with van der Waals surface area (Å²) in [5.74, 6) is 0.700. The minimum Gasteiger partial charge on any atom is -0.495 e. The van der Waals surface area contributed by atoms with Crippen LogP contribution in [0.2, 0.25) is 5.02 Å². The molecule has 4 nitrogen and oxygen atoms in total. The fourth-order valence-corrected chi connectivity index (χ4v) is 2.61. The molecule has 122 valence electrons. The number of aromatic nitrogens is 1. The molecule has 24 heavy (non-hydrogen) atoms. The molecule has 0 spiro atoms. The van der Waals surface area contributed by atoms with Crippen molar-refractivity contribution >= 4 is 46.3 Å². The molecule has 0 aliphatic rings. The second-order valence-corrected chi connectivity index (χ2v) is 5.59. The van der Waals surface area contributed by atoms with Gasteiger partial charge in [-0.3, -0.25) is 4.98 Å². The van der Waals surface area contributed by atoms with Crippen LogP contribution >= 0.6 is 24.0 Å². The minimum atomic E-state index is 0. The van der Waals surface area contributed by atoms with Gasteiger partial charge in [0, 0.05) is 16.6 Å². The fraction of sp³-hybridized carbons (Fsp3) is 0.111. The van der Waals surface area contributed by atoms with E-state index >= 15 is 0 Å². The third kappa shape index (κ3) is 3.38. The summed E-state index contributed by atoms with van der Waals surface area (Å²) >= 11 is 6.11. The van der Waals surface area contributed by atoms with Crippen molar-refractivity contribution in [3.63, 3.8) is 0 Å². The highest BCUT2D eigenvalue weighted by Crippen LogP contribution is 2.34. The smallest absolute Gasteiger partial charge is 0.142 e. The summed E-state index contributed by atoms with van der Waals surface area (Å²) in [6.07, 6.45) is 1.56. The number of anilines is 2. The molecule has 0 amide bonds. The number of benzene rings is 2. The fourth-order valence-electron chi connectivity index (χ4n) is 2.44. The molecule has 0 aliphatic heterocycles. The number of nitrogens with one attached hydrogen (secondary N) is 1. The van der Waals surface area contributed by atoms with E-state index < -0.39 is 0 Å². The van der Waals surface area contributed by atoms with E-state index in [9.17, 15) is 5.26 Å². The van der Waals surface area contributed by atoms with Crippen molar-refractivity contribution in [2.24, 2.45) is 0 Å². The molecule has 6 heteroatoms. The zero-order valence-corrected chi connectivity index (χ0v) is 14.7. The number of rotatable bonds is 3. The summed E-state index contributed by atoms with van der Waals surface area (Å²) in [4.78, 5) is 4.30. The SMILES string of the molecule is COc1ccc(C)cc1Nc1c(C#N)cnc2ccc(Cl)cc12.Cl. The minimum absolute atomic E-state index is 0. The van der Waals surface area contributed by atoms with E-state index in [-0.39, 0.29) is 12.4 Å². The van der Waals surface area contributed by atoms with Gasteiger partial charge in [0.1, 0.15) is 11.8 Å². The van der Waals surface area contributed by atoms with Gasteiger partial charge in [-0.2, -0.15) is 5.26 Å². The van der Waals surface area contributed by atoms with Gasteiger partial charge in [-0.25, -0.2) is 0 Å². The number of halogens is 2. The lowest BCUT2D eigenvalue weighted by Crippen LogP contribution is -1.99. The van der Waals surface area contributed by atoms with E-state index in [0.717, 1.165) is 22.2 Å².